The molecule has 0 heterocycles. The highest BCUT2D eigenvalue weighted by Gasteiger charge is 2.46. The van der Waals surface area contributed by atoms with Gasteiger partial charge in [0.05, 0.1) is 0 Å². The monoisotopic (exact) mass is 180 g/mol. The molecule has 0 saturated heterocycles. The van der Waals surface area contributed by atoms with Crippen molar-refractivity contribution in [2.75, 3.05) is 0 Å². The van der Waals surface area contributed by atoms with Crippen molar-refractivity contribution in [1.82, 2.24) is 0 Å². The van der Waals surface area contributed by atoms with Gasteiger partial charge in [0, 0.05) is 24.7 Å². The zero-order valence-corrected chi connectivity index (χ0v) is 8.14. The van der Waals surface area contributed by atoms with E-state index in [4.69, 9.17) is 0 Å². The highest BCUT2D eigenvalue weighted by atomic mass is 16.1. The molecule has 0 bridgehead atoms. The predicted molar refractivity (Wildman–Crippen MR) is 49.3 cm³/mol. The van der Waals surface area contributed by atoms with Crippen LogP contribution in [0.15, 0.2) is 0 Å². The minimum absolute atomic E-state index is 0.147. The number of carbonyl (C=O) groups excluding carboxylic acids is 2. The van der Waals surface area contributed by atoms with E-state index in [9.17, 15) is 9.59 Å². The first kappa shape index (κ1) is 8.92. The third-order valence-corrected chi connectivity index (χ3v) is 3.89. The van der Waals surface area contributed by atoms with Crippen molar-refractivity contribution in [3.05, 3.63) is 0 Å². The van der Waals surface area contributed by atoms with Crippen LogP contribution in [0.2, 0.25) is 0 Å². The van der Waals surface area contributed by atoms with Crippen LogP contribution in [0.4, 0.5) is 0 Å². The molecule has 0 aromatic carbocycles. The van der Waals surface area contributed by atoms with Gasteiger partial charge in [0.1, 0.15) is 11.6 Å². The Morgan fingerprint density at radius 3 is 2.85 bits per heavy atom. The van der Waals surface area contributed by atoms with Crippen LogP contribution >= 0.6 is 0 Å². The van der Waals surface area contributed by atoms with Crippen LogP contribution < -0.4 is 0 Å². The molecule has 0 aromatic rings. The molecule has 0 aromatic heterocycles. The molecule has 13 heavy (non-hydrogen) atoms. The molecule has 2 aliphatic carbocycles. The van der Waals surface area contributed by atoms with Gasteiger partial charge < -0.3 is 0 Å². The van der Waals surface area contributed by atoms with Gasteiger partial charge in [0.15, 0.2) is 0 Å². The van der Waals surface area contributed by atoms with Crippen molar-refractivity contribution in [1.29, 1.82) is 0 Å². The van der Waals surface area contributed by atoms with E-state index in [0.717, 1.165) is 25.7 Å². The summed E-state index contributed by atoms with van der Waals surface area (Å²) < 4.78 is 0. The summed E-state index contributed by atoms with van der Waals surface area (Å²) in [6.45, 7) is 2.06. The third-order valence-electron chi connectivity index (χ3n) is 3.89. The Balaban J connectivity index is 2.22. The summed E-state index contributed by atoms with van der Waals surface area (Å²) >= 11 is 0. The maximum absolute atomic E-state index is 11.7. The average molecular weight is 180 g/mol. The van der Waals surface area contributed by atoms with E-state index in [0.29, 0.717) is 30.3 Å². The van der Waals surface area contributed by atoms with Crippen LogP contribution in [-0.2, 0) is 9.59 Å². The van der Waals surface area contributed by atoms with Gasteiger partial charge in [-0.2, -0.15) is 0 Å². The average Bonchev–Trinajstić information content (AvgIpc) is 2.09. The number of ketones is 2. The molecular weight excluding hydrogens is 164 g/mol. The van der Waals surface area contributed by atoms with E-state index in [1.807, 2.05) is 0 Å². The van der Waals surface area contributed by atoms with Gasteiger partial charge in [-0.25, -0.2) is 0 Å². The van der Waals surface area contributed by atoms with Crippen LogP contribution in [0.5, 0.6) is 0 Å². The van der Waals surface area contributed by atoms with E-state index in [2.05, 4.69) is 6.92 Å². The van der Waals surface area contributed by atoms with Crippen LogP contribution in [0.1, 0.15) is 45.4 Å². The second-order valence-electron chi connectivity index (χ2n) is 4.67. The van der Waals surface area contributed by atoms with Crippen molar-refractivity contribution < 1.29 is 9.59 Å². The lowest BCUT2D eigenvalue weighted by Crippen LogP contribution is -2.43. The van der Waals surface area contributed by atoms with E-state index in [1.54, 1.807) is 0 Å². The fourth-order valence-electron chi connectivity index (χ4n) is 2.79. The van der Waals surface area contributed by atoms with Gasteiger partial charge >= 0.3 is 0 Å². The lowest BCUT2D eigenvalue weighted by Gasteiger charge is -2.42. The molecule has 72 valence electrons. The largest absolute Gasteiger partial charge is 0.300 e. The second kappa shape index (κ2) is 2.93. The first-order valence-electron chi connectivity index (χ1n) is 5.18. The quantitative estimate of drug-likeness (QED) is 0.572. The van der Waals surface area contributed by atoms with Gasteiger partial charge in [-0.1, -0.05) is 6.92 Å². The van der Waals surface area contributed by atoms with Crippen molar-refractivity contribution >= 4 is 11.6 Å². The van der Waals surface area contributed by atoms with E-state index in [1.165, 1.54) is 0 Å². The summed E-state index contributed by atoms with van der Waals surface area (Å²) in [4.78, 5) is 23.0. The standard InChI is InChI=1S/C11H16O2/c1-11-6-5-9(12)7-8(11)3-2-4-10(11)13/h8H,2-7H2,1H3/t8-,11-/m0/s1. The zero-order chi connectivity index (χ0) is 9.47. The highest BCUT2D eigenvalue weighted by molar-refractivity contribution is 5.89. The Morgan fingerprint density at radius 2 is 2.08 bits per heavy atom. The van der Waals surface area contributed by atoms with Crippen molar-refractivity contribution in [2.45, 2.75) is 45.4 Å². The predicted octanol–water partition coefficient (Wildman–Crippen LogP) is 2.11. The Morgan fingerprint density at radius 1 is 1.31 bits per heavy atom. The Hall–Kier alpha value is -0.660. The fourth-order valence-corrected chi connectivity index (χ4v) is 2.79. The molecule has 0 unspecified atom stereocenters. The second-order valence-corrected chi connectivity index (χ2v) is 4.67. The van der Waals surface area contributed by atoms with Crippen LogP contribution in [0.3, 0.4) is 0 Å². The molecule has 2 heteroatoms. The summed E-state index contributed by atoms with van der Waals surface area (Å²) in [6.07, 6.45) is 4.89. The first-order valence-corrected chi connectivity index (χ1v) is 5.18. The number of carbonyl (C=O) groups is 2. The number of hydrogen-bond acceptors (Lipinski definition) is 2. The minimum atomic E-state index is -0.147. The van der Waals surface area contributed by atoms with Gasteiger partial charge in [-0.15, -0.1) is 0 Å². The molecule has 0 radical (unpaired) electrons. The maximum atomic E-state index is 11.7. The molecule has 2 rings (SSSR count). The topological polar surface area (TPSA) is 34.1 Å². The SMILES string of the molecule is C[C@]12CCC(=O)C[C@@H]1CCCC2=O. The van der Waals surface area contributed by atoms with Crippen LogP contribution in [0.25, 0.3) is 0 Å². The summed E-state index contributed by atoms with van der Waals surface area (Å²) in [5.41, 5.74) is -0.147. The molecule has 2 nitrogen and oxygen atoms in total. The number of fused-ring (bicyclic) bond motifs is 1. The zero-order valence-electron chi connectivity index (χ0n) is 8.14. The van der Waals surface area contributed by atoms with Gasteiger partial charge in [0.2, 0.25) is 0 Å². The molecule has 0 N–H and O–H groups in total. The Bertz CT molecular complexity index is 257. The normalized spacial score (nSPS) is 40.2. The van der Waals surface area contributed by atoms with Crippen molar-refractivity contribution in [2.24, 2.45) is 11.3 Å². The molecule has 0 spiro atoms. The van der Waals surface area contributed by atoms with E-state index in [-0.39, 0.29) is 5.41 Å². The summed E-state index contributed by atoms with van der Waals surface area (Å²) in [5.74, 6) is 1.11. The molecule has 2 saturated carbocycles. The van der Waals surface area contributed by atoms with Gasteiger partial charge in [-0.3, -0.25) is 9.59 Å². The molecular formula is C11H16O2. The van der Waals surface area contributed by atoms with Crippen LogP contribution in [0, 0.1) is 11.3 Å². The molecule has 0 amide bonds. The van der Waals surface area contributed by atoms with E-state index >= 15 is 0 Å². The number of rotatable bonds is 0. The molecule has 2 aliphatic rings. The lowest BCUT2D eigenvalue weighted by atomic mass is 9.60. The molecule has 2 fully saturated rings. The lowest BCUT2D eigenvalue weighted by molar-refractivity contribution is -0.140. The summed E-state index contributed by atoms with van der Waals surface area (Å²) in [5, 5.41) is 0. The van der Waals surface area contributed by atoms with Crippen molar-refractivity contribution in [3.63, 3.8) is 0 Å². The summed E-state index contributed by atoms with van der Waals surface area (Å²) in [6, 6.07) is 0. The van der Waals surface area contributed by atoms with Crippen molar-refractivity contribution in [3.8, 4) is 0 Å². The van der Waals surface area contributed by atoms with E-state index < -0.39 is 0 Å². The molecule has 0 aliphatic heterocycles. The Labute approximate surface area is 78.7 Å². The smallest absolute Gasteiger partial charge is 0.139 e. The number of Topliss-reactive ketones (excluding diaryl/α,β-unsaturated/α-hetero) is 2. The minimum Gasteiger partial charge on any atom is -0.300 e. The van der Waals surface area contributed by atoms with Gasteiger partial charge in [-0.05, 0) is 25.2 Å². The highest BCUT2D eigenvalue weighted by Crippen LogP contribution is 2.46. The Kier molecular flexibility index (Phi) is 2.01. The first-order chi connectivity index (χ1) is 6.13. The fraction of sp³-hybridized carbons (Fsp3) is 0.818. The maximum Gasteiger partial charge on any atom is 0.139 e. The molecule has 2 atom stereocenters. The summed E-state index contributed by atoms with van der Waals surface area (Å²) in [7, 11) is 0. The number of hydrogen-bond donors (Lipinski definition) is 0. The van der Waals surface area contributed by atoms with Gasteiger partial charge in [0.25, 0.3) is 0 Å². The third kappa shape index (κ3) is 1.32. The van der Waals surface area contributed by atoms with Crippen LogP contribution in [-0.4, -0.2) is 11.6 Å².